The van der Waals surface area contributed by atoms with Gasteiger partial charge in [0, 0.05) is 26.3 Å². The molecule has 1 spiro atoms. The van der Waals surface area contributed by atoms with Crippen LogP contribution in [0.5, 0.6) is 0 Å². The molecule has 2 heterocycles. The van der Waals surface area contributed by atoms with Crippen LogP contribution >= 0.6 is 0 Å². The SMILES string of the molecule is CN(C)c1ccc(C2(C(=O)N3CCC34COC4)CC2)cc1. The molecule has 4 heteroatoms. The van der Waals surface area contributed by atoms with Crippen LogP contribution in [0.2, 0.25) is 0 Å². The number of nitrogens with zero attached hydrogens (tertiary/aromatic N) is 2. The molecule has 0 radical (unpaired) electrons. The molecular weight excluding hydrogens is 264 g/mol. The maximum atomic E-state index is 13.0. The molecular formula is C17H22N2O2. The van der Waals surface area contributed by atoms with Crippen LogP contribution in [0.3, 0.4) is 0 Å². The highest BCUT2D eigenvalue weighted by molar-refractivity contribution is 5.92. The van der Waals surface area contributed by atoms with Crippen molar-refractivity contribution >= 4 is 11.6 Å². The number of carbonyl (C=O) groups excluding carboxylic acids is 1. The second-order valence-electron chi connectivity index (χ2n) is 6.95. The molecule has 0 bridgehead atoms. The maximum absolute atomic E-state index is 13.0. The molecule has 2 saturated heterocycles. The number of ether oxygens (including phenoxy) is 1. The maximum Gasteiger partial charge on any atom is 0.233 e. The number of rotatable bonds is 3. The van der Waals surface area contributed by atoms with E-state index < -0.39 is 0 Å². The largest absolute Gasteiger partial charge is 0.378 e. The van der Waals surface area contributed by atoms with Gasteiger partial charge >= 0.3 is 0 Å². The minimum absolute atomic E-state index is 0.0518. The predicted octanol–water partition coefficient (Wildman–Crippen LogP) is 1.79. The van der Waals surface area contributed by atoms with Gasteiger partial charge in [0.15, 0.2) is 0 Å². The number of anilines is 1. The third-order valence-corrected chi connectivity index (χ3v) is 5.46. The summed E-state index contributed by atoms with van der Waals surface area (Å²) in [7, 11) is 4.07. The molecule has 3 fully saturated rings. The van der Waals surface area contributed by atoms with Crippen LogP contribution in [-0.2, 0) is 14.9 Å². The molecule has 4 rings (SSSR count). The van der Waals surface area contributed by atoms with Crippen molar-refractivity contribution in [1.82, 2.24) is 4.90 Å². The van der Waals surface area contributed by atoms with Crippen LogP contribution in [-0.4, -0.2) is 50.2 Å². The van der Waals surface area contributed by atoms with Crippen LogP contribution in [0.15, 0.2) is 24.3 Å². The average Bonchev–Trinajstić information content (AvgIpc) is 3.17. The Bertz CT molecular complexity index is 565. The van der Waals surface area contributed by atoms with Crippen LogP contribution in [0, 0.1) is 0 Å². The minimum Gasteiger partial charge on any atom is -0.378 e. The van der Waals surface area contributed by atoms with Gasteiger partial charge in [-0.25, -0.2) is 0 Å². The first kappa shape index (κ1) is 13.1. The van der Waals surface area contributed by atoms with Crippen molar-refractivity contribution in [2.24, 2.45) is 0 Å². The molecule has 0 atom stereocenters. The Labute approximate surface area is 125 Å². The lowest BCUT2D eigenvalue weighted by molar-refractivity contribution is -0.201. The van der Waals surface area contributed by atoms with E-state index in [0.717, 1.165) is 39.0 Å². The number of hydrogen-bond acceptors (Lipinski definition) is 3. The summed E-state index contributed by atoms with van der Waals surface area (Å²) >= 11 is 0. The lowest BCUT2D eigenvalue weighted by Crippen LogP contribution is -2.73. The lowest BCUT2D eigenvalue weighted by atomic mass is 9.80. The molecule has 0 unspecified atom stereocenters. The summed E-state index contributed by atoms with van der Waals surface area (Å²) in [5.41, 5.74) is 2.17. The van der Waals surface area contributed by atoms with Gasteiger partial charge in [-0.3, -0.25) is 4.79 Å². The predicted molar refractivity (Wildman–Crippen MR) is 81.6 cm³/mol. The summed E-state index contributed by atoms with van der Waals surface area (Å²) in [6, 6.07) is 8.48. The Morgan fingerprint density at radius 2 is 1.81 bits per heavy atom. The zero-order valence-electron chi connectivity index (χ0n) is 12.8. The van der Waals surface area contributed by atoms with Crippen molar-refractivity contribution in [3.8, 4) is 0 Å². The second kappa shape index (κ2) is 4.23. The number of hydrogen-bond donors (Lipinski definition) is 0. The summed E-state index contributed by atoms with van der Waals surface area (Å²) < 4.78 is 5.34. The molecule has 2 aliphatic heterocycles. The third-order valence-electron chi connectivity index (χ3n) is 5.46. The summed E-state index contributed by atoms with van der Waals surface area (Å²) in [5.74, 6) is 0.328. The fourth-order valence-corrected chi connectivity index (χ4v) is 3.58. The molecule has 1 saturated carbocycles. The summed E-state index contributed by atoms with van der Waals surface area (Å²) in [6.07, 6.45) is 3.08. The summed E-state index contributed by atoms with van der Waals surface area (Å²) in [6.45, 7) is 2.36. The summed E-state index contributed by atoms with van der Waals surface area (Å²) in [5, 5.41) is 0. The minimum atomic E-state index is -0.242. The monoisotopic (exact) mass is 286 g/mol. The molecule has 1 aliphatic carbocycles. The highest BCUT2D eigenvalue weighted by Crippen LogP contribution is 2.52. The van der Waals surface area contributed by atoms with Crippen molar-refractivity contribution in [3.05, 3.63) is 29.8 Å². The Balaban J connectivity index is 1.57. The number of amides is 1. The fraction of sp³-hybridized carbons (Fsp3) is 0.588. The smallest absolute Gasteiger partial charge is 0.233 e. The third kappa shape index (κ3) is 1.75. The van der Waals surface area contributed by atoms with Gasteiger partial charge in [-0.1, -0.05) is 12.1 Å². The van der Waals surface area contributed by atoms with E-state index in [0.29, 0.717) is 5.91 Å². The van der Waals surface area contributed by atoms with E-state index in [1.165, 1.54) is 11.3 Å². The zero-order chi connectivity index (χ0) is 14.7. The fourth-order valence-electron chi connectivity index (χ4n) is 3.58. The normalized spacial score (nSPS) is 24.2. The Hall–Kier alpha value is -1.55. The van der Waals surface area contributed by atoms with Crippen molar-refractivity contribution in [3.63, 3.8) is 0 Å². The number of likely N-dealkylation sites (tertiary alicyclic amines) is 1. The van der Waals surface area contributed by atoms with Crippen molar-refractivity contribution in [2.45, 2.75) is 30.2 Å². The first-order valence-electron chi connectivity index (χ1n) is 7.75. The zero-order valence-corrected chi connectivity index (χ0v) is 12.8. The topological polar surface area (TPSA) is 32.8 Å². The van der Waals surface area contributed by atoms with Crippen molar-refractivity contribution < 1.29 is 9.53 Å². The summed E-state index contributed by atoms with van der Waals surface area (Å²) in [4.78, 5) is 17.2. The molecule has 3 aliphatic rings. The molecule has 4 nitrogen and oxygen atoms in total. The van der Waals surface area contributed by atoms with Gasteiger partial charge in [0.2, 0.25) is 5.91 Å². The Kier molecular flexibility index (Phi) is 2.65. The van der Waals surface area contributed by atoms with E-state index in [9.17, 15) is 4.79 Å². The van der Waals surface area contributed by atoms with Gasteiger partial charge < -0.3 is 14.5 Å². The highest BCUT2D eigenvalue weighted by Gasteiger charge is 2.61. The van der Waals surface area contributed by atoms with Gasteiger partial charge in [0.05, 0.1) is 24.2 Å². The van der Waals surface area contributed by atoms with Gasteiger partial charge in [-0.2, -0.15) is 0 Å². The Morgan fingerprint density at radius 3 is 2.19 bits per heavy atom. The van der Waals surface area contributed by atoms with E-state index >= 15 is 0 Å². The standard InChI is InChI=1S/C17H22N2O2/c1-18(2)14-5-3-13(4-6-14)17(7-8-17)15(20)19-10-9-16(19)11-21-12-16/h3-6H,7-12H2,1-2H3. The van der Waals surface area contributed by atoms with Gasteiger partial charge in [0.1, 0.15) is 0 Å². The van der Waals surface area contributed by atoms with Gasteiger partial charge in [-0.15, -0.1) is 0 Å². The van der Waals surface area contributed by atoms with Gasteiger partial charge in [-0.05, 0) is 37.0 Å². The van der Waals surface area contributed by atoms with Crippen LogP contribution in [0.25, 0.3) is 0 Å². The molecule has 21 heavy (non-hydrogen) atoms. The molecule has 112 valence electrons. The van der Waals surface area contributed by atoms with E-state index in [4.69, 9.17) is 4.74 Å². The van der Waals surface area contributed by atoms with Gasteiger partial charge in [0.25, 0.3) is 0 Å². The van der Waals surface area contributed by atoms with Crippen LogP contribution in [0.1, 0.15) is 24.8 Å². The first-order valence-corrected chi connectivity index (χ1v) is 7.75. The van der Waals surface area contributed by atoms with Crippen molar-refractivity contribution in [2.75, 3.05) is 38.8 Å². The number of benzene rings is 1. The second-order valence-corrected chi connectivity index (χ2v) is 6.95. The van der Waals surface area contributed by atoms with Crippen molar-refractivity contribution in [1.29, 1.82) is 0 Å². The van der Waals surface area contributed by atoms with E-state index in [1.54, 1.807) is 0 Å². The molecule has 1 aromatic rings. The molecule has 1 aromatic carbocycles. The first-order chi connectivity index (χ1) is 10.1. The molecule has 0 N–H and O–H groups in total. The Morgan fingerprint density at radius 1 is 1.14 bits per heavy atom. The van der Waals surface area contributed by atoms with Crippen LogP contribution < -0.4 is 4.90 Å². The average molecular weight is 286 g/mol. The van der Waals surface area contributed by atoms with Crippen LogP contribution in [0.4, 0.5) is 5.69 Å². The number of carbonyl (C=O) groups is 1. The lowest BCUT2D eigenvalue weighted by Gasteiger charge is -2.58. The quantitative estimate of drug-likeness (QED) is 0.849. The highest BCUT2D eigenvalue weighted by atomic mass is 16.5. The van der Waals surface area contributed by atoms with E-state index in [-0.39, 0.29) is 11.0 Å². The molecule has 1 amide bonds. The molecule has 0 aromatic heterocycles. The van der Waals surface area contributed by atoms with E-state index in [2.05, 4.69) is 34.1 Å². The van der Waals surface area contributed by atoms with E-state index in [1.807, 2.05) is 14.1 Å².